The highest BCUT2D eigenvalue weighted by Gasteiger charge is 2.37. The van der Waals surface area contributed by atoms with Gasteiger partial charge >= 0.3 is 0 Å². The maximum absolute atomic E-state index is 12.2. The van der Waals surface area contributed by atoms with E-state index in [2.05, 4.69) is 5.32 Å². The molecule has 1 N–H and O–H groups in total. The molecule has 22 heavy (non-hydrogen) atoms. The molecule has 1 atom stereocenters. The summed E-state index contributed by atoms with van der Waals surface area (Å²) in [5.41, 5.74) is 0.822. The third-order valence-corrected chi connectivity index (χ3v) is 3.94. The van der Waals surface area contributed by atoms with E-state index in [1.54, 1.807) is 4.90 Å². The molecule has 1 heterocycles. The van der Waals surface area contributed by atoms with Crippen molar-refractivity contribution in [3.05, 3.63) is 24.3 Å². The van der Waals surface area contributed by atoms with Gasteiger partial charge in [0, 0.05) is 24.7 Å². The van der Waals surface area contributed by atoms with Crippen molar-refractivity contribution in [2.75, 3.05) is 11.4 Å². The van der Waals surface area contributed by atoms with Gasteiger partial charge in [-0.25, -0.2) is 0 Å². The van der Waals surface area contributed by atoms with Crippen molar-refractivity contribution in [2.45, 2.75) is 45.3 Å². The van der Waals surface area contributed by atoms with Crippen LogP contribution < -0.4 is 15.0 Å². The predicted molar refractivity (Wildman–Crippen MR) is 83.8 cm³/mol. The molecule has 1 aromatic carbocycles. The normalized spacial score (nSPS) is 21.3. The van der Waals surface area contributed by atoms with Crippen LogP contribution in [-0.4, -0.2) is 30.5 Å². The number of amides is 2. The molecule has 0 aromatic heterocycles. The second kappa shape index (κ2) is 5.99. The Balaban J connectivity index is 1.64. The zero-order chi connectivity index (χ0) is 15.7. The van der Waals surface area contributed by atoms with Gasteiger partial charge in [-0.2, -0.15) is 0 Å². The average Bonchev–Trinajstić information content (AvgIpc) is 3.19. The molecule has 0 spiro atoms. The summed E-state index contributed by atoms with van der Waals surface area (Å²) in [7, 11) is 0. The highest BCUT2D eigenvalue weighted by Crippen LogP contribution is 2.28. The molecule has 1 aromatic rings. The Morgan fingerprint density at radius 2 is 1.95 bits per heavy atom. The second-order valence-electron chi connectivity index (χ2n) is 6.35. The largest absolute Gasteiger partial charge is 0.491 e. The molecule has 5 heteroatoms. The molecule has 1 aliphatic carbocycles. The zero-order valence-electron chi connectivity index (χ0n) is 13.0. The lowest BCUT2D eigenvalue weighted by Gasteiger charge is -2.17. The van der Waals surface area contributed by atoms with E-state index >= 15 is 0 Å². The summed E-state index contributed by atoms with van der Waals surface area (Å²) in [6, 6.07) is 7.80. The summed E-state index contributed by atoms with van der Waals surface area (Å²) in [6.07, 6.45) is 2.54. The van der Waals surface area contributed by atoms with Gasteiger partial charge < -0.3 is 15.0 Å². The smallest absolute Gasteiger partial charge is 0.227 e. The molecule has 2 amide bonds. The van der Waals surface area contributed by atoms with Crippen molar-refractivity contribution in [2.24, 2.45) is 5.92 Å². The van der Waals surface area contributed by atoms with Gasteiger partial charge in [-0.1, -0.05) is 0 Å². The first-order valence-corrected chi connectivity index (χ1v) is 7.90. The Morgan fingerprint density at radius 3 is 2.55 bits per heavy atom. The minimum absolute atomic E-state index is 0.00785. The fourth-order valence-corrected chi connectivity index (χ4v) is 2.66. The third-order valence-electron chi connectivity index (χ3n) is 3.94. The number of hydrogen-bond acceptors (Lipinski definition) is 3. The maximum Gasteiger partial charge on any atom is 0.227 e. The molecule has 118 valence electrons. The number of benzene rings is 1. The van der Waals surface area contributed by atoms with E-state index in [9.17, 15) is 9.59 Å². The quantitative estimate of drug-likeness (QED) is 0.906. The summed E-state index contributed by atoms with van der Waals surface area (Å²) in [4.78, 5) is 25.9. The topological polar surface area (TPSA) is 58.6 Å². The number of hydrogen-bond donors (Lipinski definition) is 1. The molecular formula is C17H22N2O3. The first-order chi connectivity index (χ1) is 10.5. The molecule has 2 aliphatic rings. The van der Waals surface area contributed by atoms with Crippen LogP contribution in [0.2, 0.25) is 0 Å². The van der Waals surface area contributed by atoms with E-state index in [0.29, 0.717) is 19.0 Å². The van der Waals surface area contributed by atoms with E-state index in [4.69, 9.17) is 4.74 Å². The van der Waals surface area contributed by atoms with Crippen molar-refractivity contribution < 1.29 is 14.3 Å². The Bertz CT molecular complexity index is 564. The highest BCUT2D eigenvalue weighted by atomic mass is 16.5. The van der Waals surface area contributed by atoms with Crippen molar-refractivity contribution in [3.63, 3.8) is 0 Å². The van der Waals surface area contributed by atoms with Gasteiger partial charge in [-0.05, 0) is 51.0 Å². The first-order valence-electron chi connectivity index (χ1n) is 7.90. The van der Waals surface area contributed by atoms with Crippen LogP contribution in [0.25, 0.3) is 0 Å². The van der Waals surface area contributed by atoms with Gasteiger partial charge in [0.15, 0.2) is 0 Å². The van der Waals surface area contributed by atoms with E-state index in [1.165, 1.54) is 0 Å². The van der Waals surface area contributed by atoms with Gasteiger partial charge in [-0.15, -0.1) is 0 Å². The Hall–Kier alpha value is -2.04. The van der Waals surface area contributed by atoms with Gasteiger partial charge in [0.05, 0.1) is 12.0 Å². The summed E-state index contributed by atoms with van der Waals surface area (Å²) in [5, 5.41) is 2.98. The zero-order valence-corrected chi connectivity index (χ0v) is 13.0. The Morgan fingerprint density at radius 1 is 1.27 bits per heavy atom. The van der Waals surface area contributed by atoms with Gasteiger partial charge in [0.2, 0.25) is 11.8 Å². The van der Waals surface area contributed by atoms with Crippen LogP contribution in [0, 0.1) is 5.92 Å². The molecule has 1 saturated heterocycles. The fourth-order valence-electron chi connectivity index (χ4n) is 2.66. The SMILES string of the molecule is CC(C)Oc1ccc(N2CC(C(=O)NC3CC3)CC2=O)cc1. The van der Waals surface area contributed by atoms with E-state index in [0.717, 1.165) is 24.3 Å². The van der Waals surface area contributed by atoms with Crippen LogP contribution in [-0.2, 0) is 9.59 Å². The maximum atomic E-state index is 12.2. The minimum atomic E-state index is -0.236. The van der Waals surface area contributed by atoms with Crippen LogP contribution in [0.15, 0.2) is 24.3 Å². The second-order valence-corrected chi connectivity index (χ2v) is 6.35. The average molecular weight is 302 g/mol. The van der Waals surface area contributed by atoms with E-state index in [-0.39, 0.29) is 23.8 Å². The van der Waals surface area contributed by atoms with Crippen molar-refractivity contribution in [3.8, 4) is 5.75 Å². The summed E-state index contributed by atoms with van der Waals surface area (Å²) < 4.78 is 5.60. The van der Waals surface area contributed by atoms with Crippen LogP contribution in [0.5, 0.6) is 5.75 Å². The van der Waals surface area contributed by atoms with Gasteiger partial charge in [0.1, 0.15) is 5.75 Å². The molecular weight excluding hydrogens is 280 g/mol. The molecule has 1 aliphatic heterocycles. The van der Waals surface area contributed by atoms with E-state index in [1.807, 2.05) is 38.1 Å². The third kappa shape index (κ3) is 3.40. The number of nitrogens with one attached hydrogen (secondary N) is 1. The lowest BCUT2D eigenvalue weighted by molar-refractivity contribution is -0.126. The molecule has 1 saturated carbocycles. The summed E-state index contributed by atoms with van der Waals surface area (Å²) in [6.45, 7) is 4.41. The number of anilines is 1. The number of ether oxygens (including phenoxy) is 1. The van der Waals surface area contributed by atoms with Crippen molar-refractivity contribution >= 4 is 17.5 Å². The molecule has 0 bridgehead atoms. The van der Waals surface area contributed by atoms with E-state index < -0.39 is 0 Å². The highest BCUT2D eigenvalue weighted by molar-refractivity contribution is 6.00. The molecule has 1 unspecified atom stereocenters. The van der Waals surface area contributed by atoms with Crippen LogP contribution >= 0.6 is 0 Å². The first kappa shape index (κ1) is 14.9. The number of carbonyl (C=O) groups is 2. The molecule has 2 fully saturated rings. The number of nitrogens with zero attached hydrogens (tertiary/aromatic N) is 1. The standard InChI is InChI=1S/C17H22N2O3/c1-11(2)22-15-7-5-14(6-8-15)19-10-12(9-16(19)20)17(21)18-13-3-4-13/h5-8,11-13H,3-4,9-10H2,1-2H3,(H,18,21). The minimum Gasteiger partial charge on any atom is -0.491 e. The monoisotopic (exact) mass is 302 g/mol. The van der Waals surface area contributed by atoms with Crippen LogP contribution in [0.1, 0.15) is 33.1 Å². The van der Waals surface area contributed by atoms with Crippen LogP contribution in [0.3, 0.4) is 0 Å². The van der Waals surface area contributed by atoms with Crippen molar-refractivity contribution in [1.82, 2.24) is 5.32 Å². The number of rotatable bonds is 5. The lowest BCUT2D eigenvalue weighted by atomic mass is 10.1. The summed E-state index contributed by atoms with van der Waals surface area (Å²) >= 11 is 0. The Kier molecular flexibility index (Phi) is 4.05. The van der Waals surface area contributed by atoms with Gasteiger partial charge in [0.25, 0.3) is 0 Å². The number of carbonyl (C=O) groups excluding carboxylic acids is 2. The fraction of sp³-hybridized carbons (Fsp3) is 0.529. The molecule has 0 radical (unpaired) electrons. The van der Waals surface area contributed by atoms with Gasteiger partial charge in [-0.3, -0.25) is 9.59 Å². The Labute approximate surface area is 130 Å². The predicted octanol–water partition coefficient (Wildman–Crippen LogP) is 2.11. The molecule has 3 rings (SSSR count). The lowest BCUT2D eigenvalue weighted by Crippen LogP contribution is -2.34. The van der Waals surface area contributed by atoms with Crippen LogP contribution in [0.4, 0.5) is 5.69 Å². The molecule has 5 nitrogen and oxygen atoms in total. The summed E-state index contributed by atoms with van der Waals surface area (Å²) in [5.74, 6) is 0.569. The van der Waals surface area contributed by atoms with Crippen molar-refractivity contribution in [1.29, 1.82) is 0 Å².